The van der Waals surface area contributed by atoms with Gasteiger partial charge in [0, 0.05) is 34.6 Å². The van der Waals surface area contributed by atoms with Gasteiger partial charge in [0.1, 0.15) is 5.69 Å². The standard InChI is InChI=1S/C16H15N3O2/c1-2-6-13-11(5-1)16(15-7-3-4-8-20-15)12(9-17-13)14-10-21-19-18-14/h1-2,5-6,9-10,15H,3-4,7-8H2. The summed E-state index contributed by atoms with van der Waals surface area (Å²) in [5.74, 6) is 0. The number of ether oxygens (including phenoxy) is 1. The van der Waals surface area contributed by atoms with Crippen molar-refractivity contribution in [3.05, 3.63) is 42.3 Å². The summed E-state index contributed by atoms with van der Waals surface area (Å²) in [4.78, 5) is 4.53. The average Bonchev–Trinajstić information content (AvgIpc) is 3.09. The molecular formula is C16H15N3O2. The predicted molar refractivity (Wildman–Crippen MR) is 77.6 cm³/mol. The molecule has 1 aliphatic rings. The van der Waals surface area contributed by atoms with Crippen molar-refractivity contribution in [2.45, 2.75) is 25.4 Å². The summed E-state index contributed by atoms with van der Waals surface area (Å²) in [6, 6.07) is 8.14. The summed E-state index contributed by atoms with van der Waals surface area (Å²) in [6.07, 6.45) is 6.80. The third-order valence-electron chi connectivity index (χ3n) is 3.95. The normalized spacial score (nSPS) is 19.0. The first kappa shape index (κ1) is 12.5. The number of nitrogens with zero attached hydrogens (tertiary/aromatic N) is 3. The number of benzene rings is 1. The Bertz CT molecular complexity index is 749. The van der Waals surface area contributed by atoms with E-state index in [2.05, 4.69) is 21.4 Å². The van der Waals surface area contributed by atoms with Gasteiger partial charge in [-0.25, -0.2) is 0 Å². The van der Waals surface area contributed by atoms with Crippen LogP contribution in [0.4, 0.5) is 0 Å². The number of aromatic nitrogens is 3. The van der Waals surface area contributed by atoms with Gasteiger partial charge >= 0.3 is 0 Å². The molecule has 0 spiro atoms. The van der Waals surface area contributed by atoms with Crippen LogP contribution in [-0.2, 0) is 4.74 Å². The van der Waals surface area contributed by atoms with E-state index >= 15 is 0 Å². The lowest BCUT2D eigenvalue weighted by molar-refractivity contribution is 0.0161. The molecule has 106 valence electrons. The zero-order chi connectivity index (χ0) is 14.1. The molecule has 0 aliphatic carbocycles. The van der Waals surface area contributed by atoms with Crippen molar-refractivity contribution in [3.63, 3.8) is 0 Å². The molecule has 4 rings (SSSR count). The van der Waals surface area contributed by atoms with Crippen LogP contribution in [0.2, 0.25) is 0 Å². The second-order valence-corrected chi connectivity index (χ2v) is 5.25. The first-order valence-electron chi connectivity index (χ1n) is 7.20. The molecule has 0 saturated carbocycles. The van der Waals surface area contributed by atoms with Crippen LogP contribution in [0.25, 0.3) is 22.2 Å². The Kier molecular flexibility index (Phi) is 3.12. The third kappa shape index (κ3) is 2.19. The summed E-state index contributed by atoms with van der Waals surface area (Å²) in [5.41, 5.74) is 3.78. The van der Waals surface area contributed by atoms with Crippen LogP contribution in [-0.4, -0.2) is 22.0 Å². The van der Waals surface area contributed by atoms with Gasteiger partial charge in [0.05, 0.1) is 11.6 Å². The van der Waals surface area contributed by atoms with Gasteiger partial charge in [-0.1, -0.05) is 18.2 Å². The maximum Gasteiger partial charge on any atom is 0.152 e. The minimum Gasteiger partial charge on any atom is -0.373 e. The van der Waals surface area contributed by atoms with Gasteiger partial charge in [-0.05, 0) is 25.3 Å². The maximum absolute atomic E-state index is 6.00. The minimum absolute atomic E-state index is 0.0818. The largest absolute Gasteiger partial charge is 0.373 e. The van der Waals surface area contributed by atoms with E-state index in [9.17, 15) is 0 Å². The van der Waals surface area contributed by atoms with Crippen LogP contribution in [0.1, 0.15) is 30.9 Å². The number of hydrogen-bond acceptors (Lipinski definition) is 5. The minimum atomic E-state index is 0.0818. The molecule has 5 heteroatoms. The molecular weight excluding hydrogens is 266 g/mol. The predicted octanol–water partition coefficient (Wildman–Crippen LogP) is 3.53. The fourth-order valence-electron chi connectivity index (χ4n) is 2.96. The molecule has 1 aliphatic heterocycles. The molecule has 1 aromatic carbocycles. The van der Waals surface area contributed by atoms with Crippen molar-refractivity contribution in [1.29, 1.82) is 0 Å². The van der Waals surface area contributed by atoms with Crippen LogP contribution in [0, 0.1) is 0 Å². The summed E-state index contributed by atoms with van der Waals surface area (Å²) in [7, 11) is 0. The fraction of sp³-hybridized carbons (Fsp3) is 0.312. The Balaban J connectivity index is 1.96. The van der Waals surface area contributed by atoms with Gasteiger partial charge in [-0.2, -0.15) is 0 Å². The molecule has 0 N–H and O–H groups in total. The Morgan fingerprint density at radius 3 is 2.90 bits per heavy atom. The van der Waals surface area contributed by atoms with E-state index in [0.29, 0.717) is 5.69 Å². The van der Waals surface area contributed by atoms with Gasteiger partial charge in [0.15, 0.2) is 6.26 Å². The van der Waals surface area contributed by atoms with E-state index in [1.807, 2.05) is 24.4 Å². The second-order valence-electron chi connectivity index (χ2n) is 5.25. The van der Waals surface area contributed by atoms with E-state index in [1.54, 1.807) is 6.26 Å². The quantitative estimate of drug-likeness (QED) is 0.719. The molecule has 0 bridgehead atoms. The Hall–Kier alpha value is -2.27. The Morgan fingerprint density at radius 2 is 2.10 bits per heavy atom. The maximum atomic E-state index is 6.00. The molecule has 1 unspecified atom stereocenters. The molecule has 1 saturated heterocycles. The lowest BCUT2D eigenvalue weighted by Crippen LogP contribution is -2.13. The van der Waals surface area contributed by atoms with Gasteiger partial charge in [-0.15, -0.1) is 5.10 Å². The third-order valence-corrected chi connectivity index (χ3v) is 3.95. The highest BCUT2D eigenvalue weighted by Crippen LogP contribution is 2.38. The van der Waals surface area contributed by atoms with Gasteiger partial charge in [0.2, 0.25) is 0 Å². The molecule has 3 aromatic rings. The number of fused-ring (bicyclic) bond motifs is 1. The highest BCUT2D eigenvalue weighted by Gasteiger charge is 2.23. The first-order valence-corrected chi connectivity index (χ1v) is 7.20. The SMILES string of the molecule is c1ccc2c(C3CCCCO3)c(-c3conn3)cnc2c1. The Morgan fingerprint density at radius 1 is 1.14 bits per heavy atom. The van der Waals surface area contributed by atoms with Gasteiger partial charge in [0.25, 0.3) is 0 Å². The Labute approximate surface area is 121 Å². The van der Waals surface area contributed by atoms with Crippen LogP contribution < -0.4 is 0 Å². The van der Waals surface area contributed by atoms with Gasteiger partial charge in [-0.3, -0.25) is 4.98 Å². The number of rotatable bonds is 2. The highest BCUT2D eigenvalue weighted by molar-refractivity contribution is 5.88. The van der Waals surface area contributed by atoms with E-state index in [-0.39, 0.29) is 6.10 Å². The monoisotopic (exact) mass is 281 g/mol. The van der Waals surface area contributed by atoms with Crippen molar-refractivity contribution in [2.24, 2.45) is 0 Å². The van der Waals surface area contributed by atoms with Crippen molar-refractivity contribution < 1.29 is 9.26 Å². The zero-order valence-corrected chi connectivity index (χ0v) is 11.5. The summed E-state index contributed by atoms with van der Waals surface area (Å²) in [6.45, 7) is 0.803. The summed E-state index contributed by atoms with van der Waals surface area (Å²) >= 11 is 0. The number of para-hydroxylation sites is 1. The molecule has 1 atom stereocenters. The average molecular weight is 281 g/mol. The zero-order valence-electron chi connectivity index (χ0n) is 11.5. The van der Waals surface area contributed by atoms with Crippen molar-refractivity contribution in [1.82, 2.24) is 15.4 Å². The molecule has 0 amide bonds. The van der Waals surface area contributed by atoms with Crippen LogP contribution in [0.3, 0.4) is 0 Å². The van der Waals surface area contributed by atoms with E-state index in [1.165, 1.54) is 6.42 Å². The topological polar surface area (TPSA) is 61.0 Å². The summed E-state index contributed by atoms with van der Waals surface area (Å²) in [5, 5.41) is 8.72. The lowest BCUT2D eigenvalue weighted by Gasteiger charge is -2.25. The van der Waals surface area contributed by atoms with Crippen molar-refractivity contribution in [2.75, 3.05) is 6.61 Å². The van der Waals surface area contributed by atoms with Crippen LogP contribution >= 0.6 is 0 Å². The lowest BCUT2D eigenvalue weighted by atomic mass is 9.93. The van der Waals surface area contributed by atoms with E-state index < -0.39 is 0 Å². The second kappa shape index (κ2) is 5.26. The molecule has 2 aromatic heterocycles. The summed E-state index contributed by atoms with van der Waals surface area (Å²) < 4.78 is 10.9. The van der Waals surface area contributed by atoms with Crippen LogP contribution in [0.15, 0.2) is 41.2 Å². The first-order chi connectivity index (χ1) is 10.4. The fourth-order valence-corrected chi connectivity index (χ4v) is 2.96. The van der Waals surface area contributed by atoms with Gasteiger partial charge < -0.3 is 9.26 Å². The molecule has 5 nitrogen and oxygen atoms in total. The van der Waals surface area contributed by atoms with Crippen LogP contribution in [0.5, 0.6) is 0 Å². The molecule has 3 heterocycles. The smallest absolute Gasteiger partial charge is 0.152 e. The molecule has 0 radical (unpaired) electrons. The molecule has 21 heavy (non-hydrogen) atoms. The molecule has 1 fully saturated rings. The van der Waals surface area contributed by atoms with Crippen molar-refractivity contribution in [3.8, 4) is 11.3 Å². The van der Waals surface area contributed by atoms with E-state index in [0.717, 1.165) is 41.5 Å². The number of hydrogen-bond donors (Lipinski definition) is 0. The van der Waals surface area contributed by atoms with Crippen molar-refractivity contribution >= 4 is 10.9 Å². The highest BCUT2D eigenvalue weighted by atomic mass is 16.5. The number of pyridine rings is 1. The van der Waals surface area contributed by atoms with E-state index in [4.69, 9.17) is 9.26 Å².